The van der Waals surface area contributed by atoms with Gasteiger partial charge in [-0.05, 0) is 0 Å². The van der Waals surface area contributed by atoms with Crippen LogP contribution in [-0.2, 0) is 4.74 Å². The van der Waals surface area contributed by atoms with E-state index < -0.39 is 0 Å². The van der Waals surface area contributed by atoms with Gasteiger partial charge in [0.05, 0.1) is 6.61 Å². The Morgan fingerprint density at radius 3 is 2.23 bits per heavy atom. The molecule has 0 N–H and O–H groups in total. The molecule has 0 spiro atoms. The molecule has 1 aliphatic heterocycles. The Morgan fingerprint density at radius 1 is 1.15 bits per heavy atom. The molecule has 1 saturated heterocycles. The minimum absolute atomic E-state index is 0.849. The third-order valence-corrected chi connectivity index (χ3v) is 2.53. The van der Waals surface area contributed by atoms with Crippen LogP contribution in [0.3, 0.4) is 0 Å². The molecule has 0 aromatic rings. The molecule has 4 nitrogen and oxygen atoms in total. The van der Waals surface area contributed by atoms with Crippen molar-refractivity contribution in [2.75, 3.05) is 60.5 Å². The zero-order valence-corrected chi connectivity index (χ0v) is 8.99. The summed E-state index contributed by atoms with van der Waals surface area (Å²) in [5.74, 6) is 0. The van der Waals surface area contributed by atoms with Gasteiger partial charge >= 0.3 is 0 Å². The van der Waals surface area contributed by atoms with Gasteiger partial charge in [0.15, 0.2) is 0 Å². The predicted octanol–water partition coefficient (Wildman–Crippen LogP) is -0.273. The van der Waals surface area contributed by atoms with Gasteiger partial charge in [-0.2, -0.15) is 0 Å². The Morgan fingerprint density at radius 2 is 1.77 bits per heavy atom. The second-order valence-corrected chi connectivity index (χ2v) is 3.64. The molecule has 0 aromatic heterocycles. The quantitative estimate of drug-likeness (QED) is 0.603. The van der Waals surface area contributed by atoms with Crippen LogP contribution in [0.2, 0.25) is 0 Å². The Hall–Kier alpha value is -0.160. The topological polar surface area (TPSA) is 19.0 Å². The summed E-state index contributed by atoms with van der Waals surface area (Å²) < 4.78 is 5.05. The van der Waals surface area contributed by atoms with Crippen LogP contribution in [0, 0.1) is 0 Å². The fraction of sp³-hybridized carbons (Fsp3) is 1.00. The lowest BCUT2D eigenvalue weighted by atomic mass is 10.3. The van der Waals surface area contributed by atoms with Crippen molar-refractivity contribution < 1.29 is 4.74 Å². The SMILES string of the molecule is COCCN1CCN(N(C)C)CC1. The summed E-state index contributed by atoms with van der Waals surface area (Å²) in [6.45, 7) is 6.50. The number of rotatable bonds is 4. The van der Waals surface area contributed by atoms with Crippen LogP contribution < -0.4 is 0 Å². The Labute approximate surface area is 81.0 Å². The normalized spacial score (nSPS) is 21.2. The van der Waals surface area contributed by atoms with Crippen molar-refractivity contribution in [3.05, 3.63) is 0 Å². The molecular formula is C9H21N3O. The molecule has 0 unspecified atom stereocenters. The van der Waals surface area contributed by atoms with E-state index in [1.807, 2.05) is 0 Å². The first-order valence-electron chi connectivity index (χ1n) is 4.87. The summed E-state index contributed by atoms with van der Waals surface area (Å²) in [5, 5.41) is 4.54. The summed E-state index contributed by atoms with van der Waals surface area (Å²) in [6, 6.07) is 0. The van der Waals surface area contributed by atoms with Gasteiger partial charge in [0.1, 0.15) is 0 Å². The average Bonchev–Trinajstić information content (AvgIpc) is 2.15. The highest BCUT2D eigenvalue weighted by atomic mass is 16.5. The highest BCUT2D eigenvalue weighted by Gasteiger charge is 2.16. The zero-order chi connectivity index (χ0) is 9.68. The summed E-state index contributed by atoms with van der Waals surface area (Å²) in [6.07, 6.45) is 0. The Bertz CT molecular complexity index is 133. The summed E-state index contributed by atoms with van der Waals surface area (Å²) in [7, 11) is 5.96. The molecule has 1 rings (SSSR count). The summed E-state index contributed by atoms with van der Waals surface area (Å²) >= 11 is 0. The Kier molecular flexibility index (Phi) is 4.66. The standard InChI is InChI=1S/C9H21N3O/c1-10(2)12-6-4-11(5-7-12)8-9-13-3/h4-9H2,1-3H3. The highest BCUT2D eigenvalue weighted by molar-refractivity contribution is 4.68. The van der Waals surface area contributed by atoms with Crippen LogP contribution >= 0.6 is 0 Å². The number of methoxy groups -OCH3 is 1. The van der Waals surface area contributed by atoms with E-state index in [0.717, 1.165) is 39.3 Å². The maximum absolute atomic E-state index is 5.05. The molecule has 1 fully saturated rings. The van der Waals surface area contributed by atoms with Crippen molar-refractivity contribution >= 4 is 0 Å². The van der Waals surface area contributed by atoms with E-state index in [1.165, 1.54) is 0 Å². The molecule has 0 radical (unpaired) electrons. The maximum atomic E-state index is 5.05. The van der Waals surface area contributed by atoms with Gasteiger partial charge in [0.25, 0.3) is 0 Å². The van der Waals surface area contributed by atoms with Crippen molar-refractivity contribution in [2.45, 2.75) is 0 Å². The summed E-state index contributed by atoms with van der Waals surface area (Å²) in [5.41, 5.74) is 0. The highest BCUT2D eigenvalue weighted by Crippen LogP contribution is 2.01. The molecular weight excluding hydrogens is 166 g/mol. The van der Waals surface area contributed by atoms with Gasteiger partial charge in [0.2, 0.25) is 0 Å². The molecule has 0 aliphatic carbocycles. The van der Waals surface area contributed by atoms with Crippen molar-refractivity contribution in [1.29, 1.82) is 0 Å². The number of hydrogen-bond acceptors (Lipinski definition) is 4. The third kappa shape index (κ3) is 3.60. The number of hydrazine groups is 1. The van der Waals surface area contributed by atoms with E-state index in [0.29, 0.717) is 0 Å². The van der Waals surface area contributed by atoms with Gasteiger partial charge in [-0.1, -0.05) is 0 Å². The number of hydrogen-bond donors (Lipinski definition) is 0. The fourth-order valence-electron chi connectivity index (χ4n) is 1.58. The van der Waals surface area contributed by atoms with E-state index in [4.69, 9.17) is 4.74 Å². The maximum Gasteiger partial charge on any atom is 0.0589 e. The second-order valence-electron chi connectivity index (χ2n) is 3.64. The monoisotopic (exact) mass is 187 g/mol. The average molecular weight is 187 g/mol. The van der Waals surface area contributed by atoms with Crippen molar-refractivity contribution in [2.24, 2.45) is 0 Å². The molecule has 1 aliphatic rings. The van der Waals surface area contributed by atoms with Gasteiger partial charge in [0, 0.05) is 53.9 Å². The lowest BCUT2D eigenvalue weighted by molar-refractivity contribution is -0.0226. The van der Waals surface area contributed by atoms with Gasteiger partial charge in [-0.25, -0.2) is 10.0 Å². The van der Waals surface area contributed by atoms with E-state index >= 15 is 0 Å². The van der Waals surface area contributed by atoms with Gasteiger partial charge < -0.3 is 4.74 Å². The van der Waals surface area contributed by atoms with Gasteiger partial charge in [-0.15, -0.1) is 0 Å². The van der Waals surface area contributed by atoms with E-state index in [1.54, 1.807) is 7.11 Å². The van der Waals surface area contributed by atoms with Gasteiger partial charge in [-0.3, -0.25) is 4.90 Å². The predicted molar refractivity (Wildman–Crippen MR) is 53.6 cm³/mol. The van der Waals surface area contributed by atoms with Crippen molar-refractivity contribution in [3.8, 4) is 0 Å². The third-order valence-electron chi connectivity index (χ3n) is 2.53. The largest absolute Gasteiger partial charge is 0.383 e. The van der Waals surface area contributed by atoms with Crippen molar-refractivity contribution in [3.63, 3.8) is 0 Å². The minimum atomic E-state index is 0.849. The molecule has 78 valence electrons. The molecule has 0 amide bonds. The second kappa shape index (κ2) is 5.54. The first-order chi connectivity index (χ1) is 6.24. The van der Waals surface area contributed by atoms with Crippen LogP contribution in [0.15, 0.2) is 0 Å². The van der Waals surface area contributed by atoms with E-state index in [9.17, 15) is 0 Å². The molecule has 1 heterocycles. The first-order valence-corrected chi connectivity index (χ1v) is 4.87. The van der Waals surface area contributed by atoms with Crippen LogP contribution in [-0.4, -0.2) is 75.5 Å². The smallest absolute Gasteiger partial charge is 0.0589 e. The lowest BCUT2D eigenvalue weighted by Gasteiger charge is -2.37. The van der Waals surface area contributed by atoms with Crippen LogP contribution in [0.5, 0.6) is 0 Å². The molecule has 0 aromatic carbocycles. The van der Waals surface area contributed by atoms with Crippen LogP contribution in [0.1, 0.15) is 0 Å². The minimum Gasteiger partial charge on any atom is -0.383 e. The Balaban J connectivity index is 2.15. The molecule has 4 heteroatoms. The summed E-state index contributed by atoms with van der Waals surface area (Å²) in [4.78, 5) is 2.45. The van der Waals surface area contributed by atoms with E-state index in [2.05, 4.69) is 29.0 Å². The number of nitrogens with zero attached hydrogens (tertiary/aromatic N) is 3. The number of ether oxygens (including phenoxy) is 1. The fourth-order valence-corrected chi connectivity index (χ4v) is 1.58. The molecule has 0 atom stereocenters. The molecule has 0 bridgehead atoms. The molecule has 13 heavy (non-hydrogen) atoms. The van der Waals surface area contributed by atoms with Crippen LogP contribution in [0.25, 0.3) is 0 Å². The lowest BCUT2D eigenvalue weighted by Crippen LogP contribution is -2.51. The van der Waals surface area contributed by atoms with Crippen molar-refractivity contribution in [1.82, 2.24) is 14.9 Å². The van der Waals surface area contributed by atoms with Crippen LogP contribution in [0.4, 0.5) is 0 Å². The zero-order valence-electron chi connectivity index (χ0n) is 8.99. The molecule has 0 saturated carbocycles. The first kappa shape index (κ1) is 10.9. The number of piperazine rings is 1. The van der Waals surface area contributed by atoms with E-state index in [-0.39, 0.29) is 0 Å².